The lowest BCUT2D eigenvalue weighted by Crippen LogP contribution is -2.45. The van der Waals surface area contributed by atoms with Crippen LogP contribution in [0, 0.1) is 20.8 Å². The lowest BCUT2D eigenvalue weighted by molar-refractivity contribution is 0.396. The number of nitrogens with two attached hydrogens (primary N) is 1. The van der Waals surface area contributed by atoms with Crippen LogP contribution in [0.15, 0.2) is 12.1 Å². The Morgan fingerprint density at radius 1 is 1.12 bits per heavy atom. The third-order valence-electron chi connectivity index (χ3n) is 3.44. The van der Waals surface area contributed by atoms with Gasteiger partial charge >= 0.3 is 0 Å². The first-order valence-corrected chi connectivity index (χ1v) is 5.88. The molecule has 0 aliphatic rings. The monoisotopic (exact) mass is 220 g/mol. The molecule has 0 unspecified atom stereocenters. The Balaban J connectivity index is 2.80. The summed E-state index contributed by atoms with van der Waals surface area (Å²) in [5.41, 5.74) is 11.2. The fourth-order valence-corrected chi connectivity index (χ4v) is 1.61. The van der Waals surface area contributed by atoms with Crippen LogP contribution in [-0.4, -0.2) is 12.1 Å². The van der Waals surface area contributed by atoms with E-state index in [1.54, 1.807) is 0 Å². The van der Waals surface area contributed by atoms with Gasteiger partial charge in [-0.15, -0.1) is 0 Å². The third kappa shape index (κ3) is 3.06. The first kappa shape index (κ1) is 13.2. The summed E-state index contributed by atoms with van der Waals surface area (Å²) in [6.45, 7) is 12.3. The molecule has 0 saturated carbocycles. The Morgan fingerprint density at radius 2 is 1.75 bits per heavy atom. The smallest absolute Gasteiger partial charge is 0.0250 e. The number of aryl methyl sites for hydroxylation is 1. The summed E-state index contributed by atoms with van der Waals surface area (Å²) < 4.78 is 0. The van der Waals surface area contributed by atoms with Crippen LogP contribution in [0.1, 0.15) is 36.1 Å². The topological polar surface area (TPSA) is 38.0 Å². The molecule has 1 rings (SSSR count). The van der Waals surface area contributed by atoms with Gasteiger partial charge in [0, 0.05) is 18.6 Å². The predicted molar refractivity (Wildman–Crippen MR) is 70.6 cm³/mol. The summed E-state index contributed by atoms with van der Waals surface area (Å²) in [4.78, 5) is 0. The molecule has 2 nitrogen and oxygen atoms in total. The van der Waals surface area contributed by atoms with Crippen LogP contribution in [0.4, 0.5) is 0 Å². The normalized spacial score (nSPS) is 11.9. The molecule has 0 fully saturated rings. The molecule has 1 aromatic carbocycles. The van der Waals surface area contributed by atoms with E-state index in [2.05, 4.69) is 52.1 Å². The molecule has 0 heterocycles. The van der Waals surface area contributed by atoms with Crippen LogP contribution in [0.2, 0.25) is 0 Å². The van der Waals surface area contributed by atoms with Crippen molar-refractivity contribution in [2.45, 2.75) is 46.7 Å². The van der Waals surface area contributed by atoms with Crippen molar-refractivity contribution >= 4 is 0 Å². The largest absolute Gasteiger partial charge is 0.329 e. The molecule has 0 radical (unpaired) electrons. The maximum atomic E-state index is 5.70. The molecule has 2 heteroatoms. The second-order valence-electron chi connectivity index (χ2n) is 5.23. The van der Waals surface area contributed by atoms with E-state index < -0.39 is 0 Å². The first-order valence-electron chi connectivity index (χ1n) is 5.88. The molecular weight excluding hydrogens is 196 g/mol. The van der Waals surface area contributed by atoms with Crippen molar-refractivity contribution in [3.05, 3.63) is 34.4 Å². The average molecular weight is 220 g/mol. The van der Waals surface area contributed by atoms with Crippen LogP contribution in [0.25, 0.3) is 0 Å². The lowest BCUT2D eigenvalue weighted by atomic mass is 9.98. The Bertz CT molecular complexity index is 367. The Kier molecular flexibility index (Phi) is 4.11. The maximum absolute atomic E-state index is 5.70. The van der Waals surface area contributed by atoms with E-state index in [1.807, 2.05) is 0 Å². The molecule has 0 spiro atoms. The molecule has 0 amide bonds. The van der Waals surface area contributed by atoms with Crippen molar-refractivity contribution in [2.24, 2.45) is 5.73 Å². The van der Waals surface area contributed by atoms with Gasteiger partial charge in [-0.3, -0.25) is 0 Å². The highest BCUT2D eigenvalue weighted by atomic mass is 15.0. The van der Waals surface area contributed by atoms with Crippen molar-refractivity contribution < 1.29 is 0 Å². The Morgan fingerprint density at radius 3 is 2.31 bits per heavy atom. The number of nitrogens with one attached hydrogen (secondary N) is 1. The van der Waals surface area contributed by atoms with Crippen molar-refractivity contribution in [1.82, 2.24) is 5.32 Å². The highest BCUT2D eigenvalue weighted by Crippen LogP contribution is 2.17. The zero-order valence-electron chi connectivity index (χ0n) is 11.1. The van der Waals surface area contributed by atoms with Crippen molar-refractivity contribution in [3.8, 4) is 0 Å². The van der Waals surface area contributed by atoms with Crippen molar-refractivity contribution in [2.75, 3.05) is 6.54 Å². The zero-order valence-corrected chi connectivity index (χ0v) is 11.1. The molecular formula is C14H24N2. The first-order chi connectivity index (χ1) is 7.37. The van der Waals surface area contributed by atoms with Gasteiger partial charge in [-0.25, -0.2) is 0 Å². The molecule has 0 aliphatic heterocycles. The fraction of sp³-hybridized carbons (Fsp3) is 0.571. The molecule has 0 aliphatic carbocycles. The fourth-order valence-electron chi connectivity index (χ4n) is 1.61. The SMILES string of the molecule is Cc1ccc(CNC(C)(C)CN)c(C)c1C. The van der Waals surface area contributed by atoms with Gasteiger partial charge < -0.3 is 11.1 Å². The van der Waals surface area contributed by atoms with E-state index in [1.165, 1.54) is 22.3 Å². The van der Waals surface area contributed by atoms with Gasteiger partial charge in [0.15, 0.2) is 0 Å². The van der Waals surface area contributed by atoms with E-state index in [0.717, 1.165) is 6.54 Å². The van der Waals surface area contributed by atoms with Crippen LogP contribution < -0.4 is 11.1 Å². The summed E-state index contributed by atoms with van der Waals surface area (Å²) in [6.07, 6.45) is 0. The summed E-state index contributed by atoms with van der Waals surface area (Å²) in [7, 11) is 0. The molecule has 0 bridgehead atoms. The minimum Gasteiger partial charge on any atom is -0.329 e. The van der Waals surface area contributed by atoms with Gasteiger partial charge in [0.05, 0.1) is 0 Å². The van der Waals surface area contributed by atoms with Crippen molar-refractivity contribution in [3.63, 3.8) is 0 Å². The Labute approximate surface area is 99.2 Å². The second-order valence-corrected chi connectivity index (χ2v) is 5.23. The van der Waals surface area contributed by atoms with Crippen molar-refractivity contribution in [1.29, 1.82) is 0 Å². The molecule has 0 aromatic heterocycles. The molecule has 16 heavy (non-hydrogen) atoms. The van der Waals surface area contributed by atoms with E-state index >= 15 is 0 Å². The summed E-state index contributed by atoms with van der Waals surface area (Å²) >= 11 is 0. The second kappa shape index (κ2) is 4.98. The third-order valence-corrected chi connectivity index (χ3v) is 3.44. The number of hydrogen-bond donors (Lipinski definition) is 2. The molecule has 0 atom stereocenters. The molecule has 3 N–H and O–H groups in total. The molecule has 90 valence electrons. The van der Waals surface area contributed by atoms with E-state index in [4.69, 9.17) is 5.73 Å². The summed E-state index contributed by atoms with van der Waals surface area (Å²) in [5, 5.41) is 3.49. The predicted octanol–water partition coefficient (Wildman–Crippen LogP) is 2.44. The summed E-state index contributed by atoms with van der Waals surface area (Å²) in [6, 6.07) is 4.39. The molecule has 0 saturated heterocycles. The average Bonchev–Trinajstić information content (AvgIpc) is 2.25. The molecule has 1 aromatic rings. The van der Waals surface area contributed by atoms with Crippen LogP contribution in [0.3, 0.4) is 0 Å². The van der Waals surface area contributed by atoms with Gasteiger partial charge in [0.25, 0.3) is 0 Å². The van der Waals surface area contributed by atoms with Crippen LogP contribution >= 0.6 is 0 Å². The van der Waals surface area contributed by atoms with Crippen LogP contribution in [0.5, 0.6) is 0 Å². The number of rotatable bonds is 4. The van der Waals surface area contributed by atoms with E-state index in [9.17, 15) is 0 Å². The minimum absolute atomic E-state index is 0.00519. The highest BCUT2D eigenvalue weighted by Gasteiger charge is 2.14. The summed E-state index contributed by atoms with van der Waals surface area (Å²) in [5.74, 6) is 0. The van der Waals surface area contributed by atoms with Gasteiger partial charge in [-0.2, -0.15) is 0 Å². The van der Waals surface area contributed by atoms with E-state index in [0.29, 0.717) is 6.54 Å². The van der Waals surface area contributed by atoms with Gasteiger partial charge in [0.2, 0.25) is 0 Å². The number of hydrogen-bond acceptors (Lipinski definition) is 2. The van der Waals surface area contributed by atoms with Gasteiger partial charge in [-0.05, 0) is 56.9 Å². The van der Waals surface area contributed by atoms with Gasteiger partial charge in [-0.1, -0.05) is 12.1 Å². The minimum atomic E-state index is 0.00519. The lowest BCUT2D eigenvalue weighted by Gasteiger charge is -2.25. The quantitative estimate of drug-likeness (QED) is 0.818. The number of benzene rings is 1. The van der Waals surface area contributed by atoms with Gasteiger partial charge in [0.1, 0.15) is 0 Å². The van der Waals surface area contributed by atoms with Crippen LogP contribution in [-0.2, 0) is 6.54 Å². The maximum Gasteiger partial charge on any atom is 0.0250 e. The Hall–Kier alpha value is -0.860. The van der Waals surface area contributed by atoms with E-state index in [-0.39, 0.29) is 5.54 Å². The zero-order chi connectivity index (χ0) is 12.3. The highest BCUT2D eigenvalue weighted by molar-refractivity contribution is 5.38. The standard InChI is InChI=1S/C14H24N2/c1-10-6-7-13(12(3)11(10)2)8-16-14(4,5)9-15/h6-7,16H,8-9,15H2,1-5H3.